The van der Waals surface area contributed by atoms with Crippen molar-refractivity contribution in [1.29, 1.82) is 0 Å². The van der Waals surface area contributed by atoms with Gasteiger partial charge in [-0.1, -0.05) is 19.0 Å². The summed E-state index contributed by atoms with van der Waals surface area (Å²) < 4.78 is 10.1. The first kappa shape index (κ1) is 9.98. The second-order valence-electron chi connectivity index (χ2n) is 3.11. The van der Waals surface area contributed by atoms with Crippen LogP contribution in [0.2, 0.25) is 0 Å². The smallest absolute Gasteiger partial charge is 0.321 e. The van der Waals surface area contributed by atoms with Gasteiger partial charge in [0.05, 0.1) is 0 Å². The Balaban J connectivity index is 2.79. The summed E-state index contributed by atoms with van der Waals surface area (Å²) in [6.07, 6.45) is -0.106. The fourth-order valence-corrected chi connectivity index (χ4v) is 1.13. The predicted octanol–water partition coefficient (Wildman–Crippen LogP) is 1.45. The topological polar surface area (TPSA) is 60.2 Å². The lowest BCUT2D eigenvalue weighted by Crippen LogP contribution is -2.10. The molecule has 0 saturated heterocycles. The van der Waals surface area contributed by atoms with Crippen LogP contribution in [0.3, 0.4) is 0 Å². The molecular formula is C8H15N3O2. The normalized spacial score (nSPS) is 13.3. The van der Waals surface area contributed by atoms with Crippen LogP contribution in [0.25, 0.3) is 0 Å². The van der Waals surface area contributed by atoms with Gasteiger partial charge >= 0.3 is 6.01 Å². The molecule has 0 aliphatic carbocycles. The number of hydrogen-bond donors (Lipinski definition) is 1. The Hall–Kier alpha value is -1.10. The van der Waals surface area contributed by atoms with Crippen molar-refractivity contribution < 1.29 is 9.26 Å². The molecule has 1 atom stereocenters. The van der Waals surface area contributed by atoms with E-state index in [-0.39, 0.29) is 6.10 Å². The van der Waals surface area contributed by atoms with E-state index in [0.717, 1.165) is 0 Å². The van der Waals surface area contributed by atoms with E-state index in [9.17, 15) is 0 Å². The summed E-state index contributed by atoms with van der Waals surface area (Å²) in [6.45, 7) is 4.09. The number of ether oxygens (including phenoxy) is 1. The highest BCUT2D eigenvalue weighted by Gasteiger charge is 2.20. The van der Waals surface area contributed by atoms with Crippen LogP contribution in [0.5, 0.6) is 0 Å². The summed E-state index contributed by atoms with van der Waals surface area (Å²) in [5.41, 5.74) is 0. The second kappa shape index (κ2) is 4.23. The Bertz CT molecular complexity index is 260. The van der Waals surface area contributed by atoms with E-state index in [1.807, 2.05) is 13.8 Å². The fourth-order valence-electron chi connectivity index (χ4n) is 1.13. The third kappa shape index (κ3) is 2.18. The largest absolute Gasteiger partial charge is 0.373 e. The average Bonchev–Trinajstić information content (AvgIpc) is 2.53. The fraction of sp³-hybridized carbons (Fsp3) is 0.750. The average molecular weight is 185 g/mol. The van der Waals surface area contributed by atoms with E-state index in [1.165, 1.54) is 0 Å². The summed E-state index contributed by atoms with van der Waals surface area (Å²) in [6, 6.07) is 0.415. The molecule has 0 aliphatic rings. The van der Waals surface area contributed by atoms with Crippen LogP contribution in [-0.4, -0.2) is 24.3 Å². The quantitative estimate of drug-likeness (QED) is 0.769. The third-order valence-corrected chi connectivity index (χ3v) is 1.77. The summed E-state index contributed by atoms with van der Waals surface area (Å²) in [7, 11) is 3.37. The molecule has 1 aromatic heterocycles. The lowest BCUT2D eigenvalue weighted by atomic mass is 10.1. The molecule has 0 radical (unpaired) electrons. The molecule has 1 rings (SSSR count). The minimum Gasteiger partial charge on any atom is -0.373 e. The first-order valence-electron chi connectivity index (χ1n) is 4.23. The number of hydrogen-bond acceptors (Lipinski definition) is 5. The molecule has 0 amide bonds. The highest BCUT2D eigenvalue weighted by atomic mass is 16.5. The first-order valence-corrected chi connectivity index (χ1v) is 4.23. The maximum atomic E-state index is 5.24. The van der Waals surface area contributed by atoms with E-state index < -0.39 is 0 Å². The highest BCUT2D eigenvalue weighted by Crippen LogP contribution is 2.22. The van der Waals surface area contributed by atoms with Crippen molar-refractivity contribution in [1.82, 2.24) is 10.1 Å². The maximum Gasteiger partial charge on any atom is 0.321 e. The first-order chi connectivity index (χ1) is 6.19. The molecule has 0 aliphatic heterocycles. The zero-order valence-electron chi connectivity index (χ0n) is 8.37. The van der Waals surface area contributed by atoms with Crippen LogP contribution in [0.4, 0.5) is 6.01 Å². The predicted molar refractivity (Wildman–Crippen MR) is 48.4 cm³/mol. The van der Waals surface area contributed by atoms with Crippen LogP contribution in [0.15, 0.2) is 4.52 Å². The Morgan fingerprint density at radius 3 is 2.54 bits per heavy atom. The molecule has 0 saturated carbocycles. The standard InChI is InChI=1S/C8H15N3O2/c1-5(2)6(12-4)7-10-8(9-3)13-11-7/h5-6H,1-4H3,(H,9,10,11). The summed E-state index contributed by atoms with van der Waals surface area (Å²) in [5.74, 6) is 0.911. The number of aromatic nitrogens is 2. The molecule has 1 heterocycles. The molecule has 0 spiro atoms. The van der Waals surface area contributed by atoms with Gasteiger partial charge in [-0.25, -0.2) is 0 Å². The lowest BCUT2D eigenvalue weighted by molar-refractivity contribution is 0.0556. The van der Waals surface area contributed by atoms with Gasteiger partial charge in [-0.15, -0.1) is 0 Å². The molecule has 0 aromatic carbocycles. The second-order valence-corrected chi connectivity index (χ2v) is 3.11. The van der Waals surface area contributed by atoms with Crippen molar-refractivity contribution in [3.05, 3.63) is 5.82 Å². The molecule has 0 fully saturated rings. The summed E-state index contributed by atoms with van der Waals surface area (Å²) in [4.78, 5) is 4.11. The maximum absolute atomic E-state index is 5.24. The lowest BCUT2D eigenvalue weighted by Gasteiger charge is -2.14. The van der Waals surface area contributed by atoms with Gasteiger partial charge in [-0.2, -0.15) is 4.98 Å². The van der Waals surface area contributed by atoms with Crippen molar-refractivity contribution in [2.75, 3.05) is 19.5 Å². The third-order valence-electron chi connectivity index (χ3n) is 1.77. The molecule has 0 bridgehead atoms. The Labute approximate surface area is 77.5 Å². The van der Waals surface area contributed by atoms with Crippen LogP contribution in [0.1, 0.15) is 25.8 Å². The summed E-state index contributed by atoms with van der Waals surface area (Å²) in [5, 5.41) is 6.58. The van der Waals surface area contributed by atoms with Crippen molar-refractivity contribution in [2.45, 2.75) is 20.0 Å². The van der Waals surface area contributed by atoms with Gasteiger partial charge in [0.25, 0.3) is 0 Å². The van der Waals surface area contributed by atoms with Crippen LogP contribution in [-0.2, 0) is 4.74 Å². The Morgan fingerprint density at radius 1 is 1.46 bits per heavy atom. The van der Waals surface area contributed by atoms with Gasteiger partial charge in [-0.3, -0.25) is 0 Å². The van der Waals surface area contributed by atoms with E-state index >= 15 is 0 Å². The number of nitrogens with zero attached hydrogens (tertiary/aromatic N) is 2. The molecule has 1 aromatic rings. The number of anilines is 1. The van der Waals surface area contributed by atoms with Gasteiger partial charge < -0.3 is 14.6 Å². The number of nitrogens with one attached hydrogen (secondary N) is 1. The number of rotatable bonds is 4. The molecular weight excluding hydrogens is 170 g/mol. The highest BCUT2D eigenvalue weighted by molar-refractivity contribution is 5.16. The molecule has 5 nitrogen and oxygen atoms in total. The van der Waals surface area contributed by atoms with E-state index in [2.05, 4.69) is 15.5 Å². The van der Waals surface area contributed by atoms with Gasteiger partial charge in [0.15, 0.2) is 0 Å². The van der Waals surface area contributed by atoms with Gasteiger partial charge in [0.1, 0.15) is 6.10 Å². The minimum atomic E-state index is -0.106. The summed E-state index contributed by atoms with van der Waals surface area (Å²) >= 11 is 0. The SMILES string of the molecule is CNc1nc(C(OC)C(C)C)no1. The van der Waals surface area contributed by atoms with Crippen molar-refractivity contribution >= 4 is 6.01 Å². The van der Waals surface area contributed by atoms with E-state index in [1.54, 1.807) is 14.2 Å². The van der Waals surface area contributed by atoms with E-state index in [0.29, 0.717) is 17.8 Å². The van der Waals surface area contributed by atoms with Crippen LogP contribution >= 0.6 is 0 Å². The van der Waals surface area contributed by atoms with E-state index in [4.69, 9.17) is 9.26 Å². The van der Waals surface area contributed by atoms with Crippen molar-refractivity contribution in [2.24, 2.45) is 5.92 Å². The Morgan fingerprint density at radius 2 is 2.15 bits per heavy atom. The number of methoxy groups -OCH3 is 1. The Kier molecular flexibility index (Phi) is 3.25. The van der Waals surface area contributed by atoms with Gasteiger partial charge in [0.2, 0.25) is 5.82 Å². The van der Waals surface area contributed by atoms with Crippen LogP contribution in [0, 0.1) is 5.92 Å². The van der Waals surface area contributed by atoms with Crippen LogP contribution < -0.4 is 5.32 Å². The minimum absolute atomic E-state index is 0.106. The van der Waals surface area contributed by atoms with Gasteiger partial charge in [-0.05, 0) is 5.92 Å². The molecule has 13 heavy (non-hydrogen) atoms. The molecule has 1 N–H and O–H groups in total. The zero-order chi connectivity index (χ0) is 9.84. The molecule has 74 valence electrons. The molecule has 1 unspecified atom stereocenters. The van der Waals surface area contributed by atoms with Gasteiger partial charge in [0, 0.05) is 14.2 Å². The zero-order valence-corrected chi connectivity index (χ0v) is 8.37. The monoisotopic (exact) mass is 185 g/mol. The van der Waals surface area contributed by atoms with Crippen molar-refractivity contribution in [3.8, 4) is 0 Å². The van der Waals surface area contributed by atoms with Crippen molar-refractivity contribution in [3.63, 3.8) is 0 Å². The molecule has 5 heteroatoms.